The van der Waals surface area contributed by atoms with Gasteiger partial charge in [0.1, 0.15) is 0 Å². The molecule has 0 heterocycles. The molecule has 0 aliphatic rings. The Bertz CT molecular complexity index is 312. The van der Waals surface area contributed by atoms with E-state index in [0.717, 1.165) is 17.5 Å². The van der Waals surface area contributed by atoms with Gasteiger partial charge in [-0.25, -0.2) is 0 Å². The van der Waals surface area contributed by atoms with Gasteiger partial charge in [-0.05, 0) is 58.7 Å². The molecule has 84 valence electrons. The topological polar surface area (TPSA) is 9.23 Å². The summed E-state index contributed by atoms with van der Waals surface area (Å²) < 4.78 is 8.01. The lowest BCUT2D eigenvalue weighted by Crippen LogP contribution is -2.00. The van der Waals surface area contributed by atoms with E-state index in [0.29, 0.717) is 12.5 Å². The third-order valence-electron chi connectivity index (χ3n) is 2.10. The van der Waals surface area contributed by atoms with Crippen LogP contribution in [0.1, 0.15) is 25.8 Å². The summed E-state index contributed by atoms with van der Waals surface area (Å²) in [7, 11) is 0. The normalized spacial score (nSPS) is 11.0. The minimum Gasteiger partial charge on any atom is -0.377 e. The van der Waals surface area contributed by atoms with Gasteiger partial charge in [0.05, 0.1) is 6.61 Å². The predicted octanol–water partition coefficient (Wildman–Crippen LogP) is 4.62. The van der Waals surface area contributed by atoms with Crippen molar-refractivity contribution in [2.24, 2.45) is 5.92 Å². The van der Waals surface area contributed by atoms with Crippen LogP contribution < -0.4 is 0 Å². The Labute approximate surface area is 114 Å². The highest BCUT2D eigenvalue weighted by molar-refractivity contribution is 14.1. The van der Waals surface area contributed by atoms with Gasteiger partial charge in [0.25, 0.3) is 0 Å². The van der Waals surface area contributed by atoms with E-state index in [1.165, 1.54) is 9.13 Å². The number of rotatable bonds is 5. The lowest BCUT2D eigenvalue weighted by atomic mass is 10.1. The van der Waals surface area contributed by atoms with Crippen molar-refractivity contribution >= 4 is 38.5 Å². The van der Waals surface area contributed by atoms with Crippen LogP contribution in [0.4, 0.5) is 0 Å². The molecule has 0 aliphatic carbocycles. The molecule has 0 amide bonds. The van der Waals surface area contributed by atoms with Crippen molar-refractivity contribution < 1.29 is 4.74 Å². The maximum absolute atomic E-state index is 5.63. The van der Waals surface area contributed by atoms with Crippen molar-refractivity contribution in [3.8, 4) is 0 Å². The fraction of sp³-hybridized carbons (Fsp3) is 0.500. The van der Waals surface area contributed by atoms with Crippen LogP contribution in [0, 0.1) is 9.49 Å². The molecule has 0 atom stereocenters. The largest absolute Gasteiger partial charge is 0.377 e. The summed E-state index contributed by atoms with van der Waals surface area (Å²) in [5, 5.41) is 0. The molecule has 1 rings (SSSR count). The summed E-state index contributed by atoms with van der Waals surface area (Å²) >= 11 is 5.85. The van der Waals surface area contributed by atoms with Crippen molar-refractivity contribution in [2.45, 2.75) is 26.9 Å². The molecule has 1 aromatic carbocycles. The SMILES string of the molecule is CC(C)CCOCc1cc(I)ccc1Br. The summed E-state index contributed by atoms with van der Waals surface area (Å²) in [5.41, 5.74) is 1.23. The molecular formula is C12H16BrIO. The average Bonchev–Trinajstić information content (AvgIpc) is 2.17. The smallest absolute Gasteiger partial charge is 0.0728 e. The third kappa shape index (κ3) is 5.31. The maximum Gasteiger partial charge on any atom is 0.0728 e. The number of hydrogen-bond acceptors (Lipinski definition) is 1. The van der Waals surface area contributed by atoms with Gasteiger partial charge in [0.2, 0.25) is 0 Å². The average molecular weight is 383 g/mol. The van der Waals surface area contributed by atoms with Crippen LogP contribution in [0.5, 0.6) is 0 Å². The van der Waals surface area contributed by atoms with E-state index in [-0.39, 0.29) is 0 Å². The van der Waals surface area contributed by atoms with Crippen LogP contribution in [0.3, 0.4) is 0 Å². The first kappa shape index (κ1) is 13.5. The summed E-state index contributed by atoms with van der Waals surface area (Å²) in [6, 6.07) is 6.31. The van der Waals surface area contributed by atoms with E-state index >= 15 is 0 Å². The first-order valence-corrected chi connectivity index (χ1v) is 6.98. The molecule has 0 aromatic heterocycles. The van der Waals surface area contributed by atoms with Gasteiger partial charge in [-0.2, -0.15) is 0 Å². The van der Waals surface area contributed by atoms with E-state index < -0.39 is 0 Å². The lowest BCUT2D eigenvalue weighted by molar-refractivity contribution is 0.110. The Morgan fingerprint density at radius 2 is 2.13 bits per heavy atom. The second-order valence-corrected chi connectivity index (χ2v) is 6.07. The monoisotopic (exact) mass is 382 g/mol. The van der Waals surface area contributed by atoms with Gasteiger partial charge >= 0.3 is 0 Å². The van der Waals surface area contributed by atoms with E-state index in [1.54, 1.807) is 0 Å². The molecule has 0 saturated heterocycles. The molecule has 0 radical (unpaired) electrons. The van der Waals surface area contributed by atoms with Crippen LogP contribution in [-0.2, 0) is 11.3 Å². The molecule has 1 nitrogen and oxygen atoms in total. The van der Waals surface area contributed by atoms with Gasteiger partial charge in [0.15, 0.2) is 0 Å². The zero-order valence-electron chi connectivity index (χ0n) is 9.09. The fourth-order valence-electron chi connectivity index (χ4n) is 1.16. The van der Waals surface area contributed by atoms with Crippen LogP contribution in [0.2, 0.25) is 0 Å². The van der Waals surface area contributed by atoms with Crippen LogP contribution in [0.25, 0.3) is 0 Å². The Hall–Kier alpha value is 0.390. The van der Waals surface area contributed by atoms with Gasteiger partial charge < -0.3 is 4.74 Å². The molecule has 0 spiro atoms. The van der Waals surface area contributed by atoms with Gasteiger partial charge in [-0.15, -0.1) is 0 Å². The maximum atomic E-state index is 5.63. The van der Waals surface area contributed by atoms with Gasteiger partial charge in [0, 0.05) is 14.6 Å². The minimum atomic E-state index is 0.699. The Kier molecular flexibility index (Phi) is 6.16. The molecule has 0 unspecified atom stereocenters. The van der Waals surface area contributed by atoms with E-state index in [9.17, 15) is 0 Å². The Morgan fingerprint density at radius 3 is 2.80 bits per heavy atom. The molecule has 3 heteroatoms. The second-order valence-electron chi connectivity index (χ2n) is 3.97. The van der Waals surface area contributed by atoms with Crippen LogP contribution >= 0.6 is 38.5 Å². The number of ether oxygens (including phenoxy) is 1. The zero-order chi connectivity index (χ0) is 11.3. The second kappa shape index (κ2) is 6.86. The first-order valence-electron chi connectivity index (χ1n) is 5.11. The fourth-order valence-corrected chi connectivity index (χ4v) is 2.07. The van der Waals surface area contributed by atoms with Gasteiger partial charge in [-0.3, -0.25) is 0 Å². The summed E-state index contributed by atoms with van der Waals surface area (Å²) in [6.45, 7) is 5.97. The van der Waals surface area contributed by atoms with Crippen LogP contribution in [0.15, 0.2) is 22.7 Å². The Morgan fingerprint density at radius 1 is 1.40 bits per heavy atom. The molecular weight excluding hydrogens is 367 g/mol. The predicted molar refractivity (Wildman–Crippen MR) is 76.0 cm³/mol. The molecule has 0 bridgehead atoms. The lowest BCUT2D eigenvalue weighted by Gasteiger charge is -2.08. The van der Waals surface area contributed by atoms with Crippen molar-refractivity contribution in [2.75, 3.05) is 6.61 Å². The molecule has 1 aromatic rings. The van der Waals surface area contributed by atoms with Crippen molar-refractivity contribution in [3.63, 3.8) is 0 Å². The third-order valence-corrected chi connectivity index (χ3v) is 3.55. The van der Waals surface area contributed by atoms with Crippen molar-refractivity contribution in [1.82, 2.24) is 0 Å². The standard InChI is InChI=1S/C12H16BrIO/c1-9(2)5-6-15-8-10-7-11(14)3-4-12(10)13/h3-4,7,9H,5-6,8H2,1-2H3. The summed E-state index contributed by atoms with van der Waals surface area (Å²) in [4.78, 5) is 0. The molecule has 0 fully saturated rings. The number of halogens is 2. The quantitative estimate of drug-likeness (QED) is 0.533. The van der Waals surface area contributed by atoms with E-state index in [4.69, 9.17) is 4.74 Å². The zero-order valence-corrected chi connectivity index (χ0v) is 12.8. The molecule has 15 heavy (non-hydrogen) atoms. The number of benzene rings is 1. The minimum absolute atomic E-state index is 0.699. The molecule has 0 N–H and O–H groups in total. The van der Waals surface area contributed by atoms with Crippen molar-refractivity contribution in [3.05, 3.63) is 31.8 Å². The van der Waals surface area contributed by atoms with Gasteiger partial charge in [-0.1, -0.05) is 29.8 Å². The highest BCUT2D eigenvalue weighted by Gasteiger charge is 2.01. The van der Waals surface area contributed by atoms with Crippen molar-refractivity contribution in [1.29, 1.82) is 0 Å². The number of hydrogen-bond donors (Lipinski definition) is 0. The molecule has 0 aliphatic heterocycles. The highest BCUT2D eigenvalue weighted by Crippen LogP contribution is 2.20. The summed E-state index contributed by atoms with van der Waals surface area (Å²) in [6.07, 6.45) is 1.13. The van der Waals surface area contributed by atoms with E-state index in [2.05, 4.69) is 70.6 Å². The summed E-state index contributed by atoms with van der Waals surface area (Å²) in [5.74, 6) is 0.712. The molecule has 0 saturated carbocycles. The highest BCUT2D eigenvalue weighted by atomic mass is 127. The first-order chi connectivity index (χ1) is 7.09. The van der Waals surface area contributed by atoms with E-state index in [1.807, 2.05) is 0 Å². The van der Waals surface area contributed by atoms with Crippen LogP contribution in [-0.4, -0.2) is 6.61 Å². The Balaban J connectivity index is 2.40.